The van der Waals surface area contributed by atoms with Crippen molar-refractivity contribution in [2.75, 3.05) is 42.9 Å². The number of alkyl halides is 3. The number of piperidine rings is 1. The monoisotopic (exact) mass is 599 g/mol. The topological polar surface area (TPSA) is 98.7 Å². The van der Waals surface area contributed by atoms with Gasteiger partial charge in [0.25, 0.3) is 10.0 Å². The van der Waals surface area contributed by atoms with Crippen LogP contribution in [0.2, 0.25) is 0 Å². The van der Waals surface area contributed by atoms with Crippen LogP contribution in [-0.2, 0) is 22.6 Å². The summed E-state index contributed by atoms with van der Waals surface area (Å²) in [5.41, 5.74) is -0.757. The molecule has 8 nitrogen and oxygen atoms in total. The van der Waals surface area contributed by atoms with Gasteiger partial charge in [-0.25, -0.2) is 27.2 Å². The Balaban J connectivity index is 1.59. The van der Waals surface area contributed by atoms with Crippen molar-refractivity contribution in [1.29, 1.82) is 0 Å². The van der Waals surface area contributed by atoms with Gasteiger partial charge < -0.3 is 10.0 Å². The second-order valence-electron chi connectivity index (χ2n) is 10.0. The zero-order chi connectivity index (χ0) is 29.8. The molecule has 0 aliphatic carbocycles. The number of likely N-dealkylation sites (N-methyl/N-ethyl adjacent to an activating group) is 1. The van der Waals surface area contributed by atoms with E-state index in [0.717, 1.165) is 30.6 Å². The van der Waals surface area contributed by atoms with Crippen LogP contribution in [0.5, 0.6) is 0 Å². The molecular formula is C27H30F5N5O3S. The molecule has 2 N–H and O–H groups in total. The summed E-state index contributed by atoms with van der Waals surface area (Å²) in [7, 11) is -2.85. The molecule has 41 heavy (non-hydrogen) atoms. The predicted octanol–water partition coefficient (Wildman–Crippen LogP) is 4.47. The lowest BCUT2D eigenvalue weighted by Crippen LogP contribution is -2.58. The van der Waals surface area contributed by atoms with Crippen LogP contribution in [0.3, 0.4) is 0 Å². The molecule has 2 heterocycles. The Bertz CT molecular complexity index is 1440. The number of aryl methyl sites for hydroxylation is 1. The highest BCUT2D eigenvalue weighted by molar-refractivity contribution is 7.92. The van der Waals surface area contributed by atoms with Crippen LogP contribution in [0.4, 0.5) is 33.5 Å². The SMILES string of the molecule is CN(CCO)[C@@]1(CCc2cccc(C(F)(F)F)c2)CCCN(c2cc(F)c(S(=O)(=O)Nc3ccncn3)c(F)c2)C1. The molecule has 1 aliphatic heterocycles. The van der Waals surface area contributed by atoms with E-state index < -0.39 is 43.8 Å². The van der Waals surface area contributed by atoms with Crippen LogP contribution in [0.15, 0.2) is 59.9 Å². The lowest BCUT2D eigenvalue weighted by Gasteiger charge is -2.49. The first-order valence-corrected chi connectivity index (χ1v) is 14.3. The maximum atomic E-state index is 15.2. The fourth-order valence-electron chi connectivity index (χ4n) is 5.23. The molecular weight excluding hydrogens is 569 g/mol. The third-order valence-corrected chi connectivity index (χ3v) is 8.78. The van der Waals surface area contributed by atoms with E-state index in [1.54, 1.807) is 18.0 Å². The molecule has 0 bridgehead atoms. The summed E-state index contributed by atoms with van der Waals surface area (Å²) in [6.45, 7) is 0.803. The molecule has 14 heteroatoms. The van der Waals surface area contributed by atoms with E-state index in [9.17, 15) is 26.7 Å². The first kappa shape index (κ1) is 30.6. The molecule has 1 aromatic heterocycles. The fourth-order valence-corrected chi connectivity index (χ4v) is 6.36. The molecule has 0 amide bonds. The number of nitrogens with one attached hydrogen (secondary N) is 1. The number of anilines is 2. The second-order valence-corrected chi connectivity index (χ2v) is 11.7. The third-order valence-electron chi connectivity index (χ3n) is 7.37. The molecule has 0 saturated carbocycles. The Morgan fingerprint density at radius 2 is 1.88 bits per heavy atom. The third kappa shape index (κ3) is 7.11. The molecule has 2 aromatic carbocycles. The van der Waals surface area contributed by atoms with Gasteiger partial charge in [0, 0.05) is 37.1 Å². The summed E-state index contributed by atoms with van der Waals surface area (Å²) in [4.78, 5) is 9.87. The Morgan fingerprint density at radius 3 is 2.51 bits per heavy atom. The smallest absolute Gasteiger partial charge is 0.395 e. The molecule has 1 fully saturated rings. The van der Waals surface area contributed by atoms with Crippen molar-refractivity contribution < 1.29 is 35.5 Å². The predicted molar refractivity (Wildman–Crippen MR) is 143 cm³/mol. The van der Waals surface area contributed by atoms with E-state index in [-0.39, 0.29) is 31.2 Å². The fraction of sp³-hybridized carbons (Fsp3) is 0.407. The van der Waals surface area contributed by atoms with E-state index in [1.807, 2.05) is 9.62 Å². The van der Waals surface area contributed by atoms with Crippen LogP contribution in [0.1, 0.15) is 30.4 Å². The molecule has 222 valence electrons. The number of benzene rings is 2. The van der Waals surface area contributed by atoms with Crippen molar-refractivity contribution in [2.45, 2.75) is 42.3 Å². The lowest BCUT2D eigenvalue weighted by molar-refractivity contribution is -0.137. The number of rotatable bonds is 10. The summed E-state index contributed by atoms with van der Waals surface area (Å²) in [5.74, 6) is -2.73. The second kappa shape index (κ2) is 12.2. The van der Waals surface area contributed by atoms with Crippen LogP contribution in [0, 0.1) is 11.6 Å². The van der Waals surface area contributed by atoms with Crippen molar-refractivity contribution in [1.82, 2.24) is 14.9 Å². The van der Waals surface area contributed by atoms with E-state index in [1.165, 1.54) is 18.3 Å². The van der Waals surface area contributed by atoms with Crippen molar-refractivity contribution in [2.24, 2.45) is 0 Å². The van der Waals surface area contributed by atoms with Crippen LogP contribution in [0.25, 0.3) is 0 Å². The summed E-state index contributed by atoms with van der Waals surface area (Å²) >= 11 is 0. The van der Waals surface area contributed by atoms with Gasteiger partial charge in [0.2, 0.25) is 0 Å². The summed E-state index contributed by atoms with van der Waals surface area (Å²) < 4.78 is 97.6. The number of hydrogen-bond acceptors (Lipinski definition) is 7. The number of hydrogen-bond donors (Lipinski definition) is 2. The number of aliphatic hydroxyl groups excluding tert-OH is 1. The minimum absolute atomic E-state index is 0.126. The first-order valence-electron chi connectivity index (χ1n) is 12.9. The molecule has 1 saturated heterocycles. The van der Waals surface area contributed by atoms with Crippen molar-refractivity contribution >= 4 is 21.5 Å². The van der Waals surface area contributed by atoms with E-state index in [0.29, 0.717) is 37.8 Å². The number of halogens is 5. The summed E-state index contributed by atoms with van der Waals surface area (Å²) in [6.07, 6.45) is -0.164. The average Bonchev–Trinajstić information content (AvgIpc) is 2.91. The van der Waals surface area contributed by atoms with Gasteiger partial charge in [-0.2, -0.15) is 13.2 Å². The van der Waals surface area contributed by atoms with Gasteiger partial charge in [-0.1, -0.05) is 18.2 Å². The first-order chi connectivity index (χ1) is 19.3. The Hall–Kier alpha value is -3.36. The number of β-amino-alcohol motifs (C(OH)–C–C–N with tert-alkyl or cyclic N) is 1. The minimum atomic E-state index is -4.64. The molecule has 1 atom stereocenters. The van der Waals surface area contributed by atoms with Crippen LogP contribution >= 0.6 is 0 Å². The Labute approximate surface area is 234 Å². The lowest BCUT2D eigenvalue weighted by atomic mass is 9.81. The van der Waals surface area contributed by atoms with Gasteiger partial charge in [-0.15, -0.1) is 0 Å². The number of aromatic nitrogens is 2. The molecule has 1 aliphatic rings. The number of aliphatic hydroxyl groups is 1. The number of sulfonamides is 1. The van der Waals surface area contributed by atoms with Gasteiger partial charge in [-0.3, -0.25) is 9.62 Å². The van der Waals surface area contributed by atoms with E-state index in [4.69, 9.17) is 0 Å². The van der Waals surface area contributed by atoms with Gasteiger partial charge in [0.05, 0.1) is 12.2 Å². The average molecular weight is 600 g/mol. The van der Waals surface area contributed by atoms with Crippen LogP contribution < -0.4 is 9.62 Å². The maximum Gasteiger partial charge on any atom is 0.416 e. The van der Waals surface area contributed by atoms with Crippen molar-refractivity contribution in [3.63, 3.8) is 0 Å². The largest absolute Gasteiger partial charge is 0.416 e. The highest BCUT2D eigenvalue weighted by atomic mass is 32.2. The molecule has 3 aromatic rings. The summed E-state index contributed by atoms with van der Waals surface area (Å²) in [5, 5.41) is 9.61. The van der Waals surface area contributed by atoms with Gasteiger partial charge >= 0.3 is 6.18 Å². The standard InChI is InChI=1S/C27H30F5N5O3S/c1-36(12-13-38)26(9-6-19-4-2-5-20(14-19)27(30,31)32)8-3-11-37(17-26)21-15-22(28)25(23(29)16-21)41(39,40)35-24-7-10-33-18-34-24/h2,4-5,7,10,14-16,18,38H,3,6,8-9,11-13,17H2,1H3,(H,33,34,35)/t26-/m1/s1. The van der Waals surface area contributed by atoms with Gasteiger partial charge in [0.1, 0.15) is 23.8 Å². The molecule has 0 radical (unpaired) electrons. The zero-order valence-electron chi connectivity index (χ0n) is 22.2. The highest BCUT2D eigenvalue weighted by Gasteiger charge is 2.39. The molecule has 4 rings (SSSR count). The normalized spacial score (nSPS) is 18.1. The van der Waals surface area contributed by atoms with E-state index in [2.05, 4.69) is 9.97 Å². The quantitative estimate of drug-likeness (QED) is 0.332. The maximum absolute atomic E-state index is 15.2. The Kier molecular flexibility index (Phi) is 9.14. The Morgan fingerprint density at radius 1 is 1.15 bits per heavy atom. The van der Waals surface area contributed by atoms with Gasteiger partial charge in [0.15, 0.2) is 4.90 Å². The highest BCUT2D eigenvalue weighted by Crippen LogP contribution is 2.36. The van der Waals surface area contributed by atoms with Crippen molar-refractivity contribution in [3.8, 4) is 0 Å². The number of nitrogens with zero attached hydrogens (tertiary/aromatic N) is 4. The summed E-state index contributed by atoms with van der Waals surface area (Å²) in [6, 6.07) is 8.23. The van der Waals surface area contributed by atoms with Crippen LogP contribution in [-0.4, -0.2) is 67.2 Å². The zero-order valence-corrected chi connectivity index (χ0v) is 23.0. The van der Waals surface area contributed by atoms with Crippen molar-refractivity contribution in [3.05, 3.63) is 77.8 Å². The van der Waals surface area contributed by atoms with E-state index >= 15 is 8.78 Å². The molecule has 0 unspecified atom stereocenters. The molecule has 0 spiro atoms. The van der Waals surface area contributed by atoms with Gasteiger partial charge in [-0.05, 0) is 62.6 Å². The minimum Gasteiger partial charge on any atom is -0.395 e.